The number of allylic oxidation sites excluding steroid dienone is 4. The second kappa shape index (κ2) is 12.2. The van der Waals surface area contributed by atoms with Gasteiger partial charge in [0.15, 0.2) is 0 Å². The van der Waals surface area contributed by atoms with Crippen molar-refractivity contribution in [3.05, 3.63) is 196 Å². The van der Waals surface area contributed by atoms with Gasteiger partial charge >= 0.3 is 0 Å². The summed E-state index contributed by atoms with van der Waals surface area (Å²) < 4.78 is 2.63. The van der Waals surface area contributed by atoms with Gasteiger partial charge in [-0.1, -0.05) is 164 Å². The van der Waals surface area contributed by atoms with Crippen molar-refractivity contribution in [3.63, 3.8) is 0 Å². The van der Waals surface area contributed by atoms with Gasteiger partial charge in [0.1, 0.15) is 0 Å². The summed E-state index contributed by atoms with van der Waals surface area (Å²) in [5.41, 5.74) is 26.1. The van der Waals surface area contributed by atoms with Crippen LogP contribution in [0.3, 0.4) is 0 Å². The lowest BCUT2D eigenvalue weighted by molar-refractivity contribution is 0.593. The standard InChI is InChI=1S/C60H54N2/c1-11-17-41-35(2)57(3,4)52-33-39(27-29-43(41)52)61(38-19-14-18-36(30-38)37-26-28-44-42-20-12-13-22-47(42)58(5,6)51(44)31-37)40-32-46-45-21-15-23-48-54(45)62-55(46)53(34-40)60(9,10)50-25-16-24-49(56(50)62)59(48,7)8/h11-34H,1-10H3/b17-11-. The molecule has 0 amide bonds. The average molecular weight is 803 g/mol. The van der Waals surface area contributed by atoms with Gasteiger partial charge in [-0.3, -0.25) is 0 Å². The molecule has 0 saturated carbocycles. The minimum atomic E-state index is -0.234. The Morgan fingerprint density at radius 1 is 0.435 bits per heavy atom. The van der Waals surface area contributed by atoms with Crippen LogP contribution in [0.2, 0.25) is 0 Å². The van der Waals surface area contributed by atoms with E-state index in [4.69, 9.17) is 0 Å². The summed E-state index contributed by atoms with van der Waals surface area (Å²) in [6.45, 7) is 23.7. The highest BCUT2D eigenvalue weighted by molar-refractivity contribution is 6.15. The Balaban J connectivity index is 1.11. The van der Waals surface area contributed by atoms with Crippen molar-refractivity contribution in [2.75, 3.05) is 4.90 Å². The summed E-state index contributed by atoms with van der Waals surface area (Å²) in [5.74, 6) is 0. The molecule has 0 bridgehead atoms. The number of benzene rings is 7. The van der Waals surface area contributed by atoms with Gasteiger partial charge < -0.3 is 9.47 Å². The van der Waals surface area contributed by atoms with Gasteiger partial charge in [0, 0.05) is 49.5 Å². The van der Waals surface area contributed by atoms with Crippen LogP contribution >= 0.6 is 0 Å². The Bertz CT molecular complexity index is 3370. The zero-order chi connectivity index (χ0) is 42.8. The number of fused-ring (bicyclic) bond motifs is 5. The van der Waals surface area contributed by atoms with Crippen LogP contribution in [0.4, 0.5) is 17.1 Å². The lowest BCUT2D eigenvalue weighted by atomic mass is 9.68. The van der Waals surface area contributed by atoms with Crippen molar-refractivity contribution in [3.8, 4) is 27.9 Å². The molecule has 0 atom stereocenters. The van der Waals surface area contributed by atoms with E-state index >= 15 is 0 Å². The molecule has 3 heterocycles. The lowest BCUT2D eigenvalue weighted by Crippen LogP contribution is -2.33. The molecule has 0 radical (unpaired) electrons. The third kappa shape index (κ3) is 4.60. The fourth-order valence-electron chi connectivity index (χ4n) is 12.3. The van der Waals surface area contributed by atoms with Gasteiger partial charge in [0.2, 0.25) is 0 Å². The molecular weight excluding hydrogens is 749 g/mol. The summed E-state index contributed by atoms with van der Waals surface area (Å²) in [4.78, 5) is 2.55. The summed E-state index contributed by atoms with van der Waals surface area (Å²) in [6.07, 6.45) is 4.47. The molecule has 0 spiro atoms. The molecule has 8 aromatic rings. The van der Waals surface area contributed by atoms with Gasteiger partial charge in [0.25, 0.3) is 0 Å². The molecule has 7 aromatic carbocycles. The molecule has 2 heteroatoms. The third-order valence-corrected chi connectivity index (χ3v) is 16.0. The van der Waals surface area contributed by atoms with Crippen LogP contribution in [-0.4, -0.2) is 4.57 Å². The molecule has 2 aliphatic heterocycles. The summed E-state index contributed by atoms with van der Waals surface area (Å²) in [6, 6.07) is 51.6. The summed E-state index contributed by atoms with van der Waals surface area (Å²) in [5, 5.41) is 2.64. The van der Waals surface area contributed by atoms with E-state index < -0.39 is 0 Å². The molecule has 4 aliphatic rings. The first-order valence-electron chi connectivity index (χ1n) is 22.6. The number of anilines is 3. The van der Waals surface area contributed by atoms with Crippen LogP contribution in [0, 0.1) is 0 Å². The Kier molecular flexibility index (Phi) is 7.34. The second-order valence-corrected chi connectivity index (χ2v) is 20.6. The van der Waals surface area contributed by atoms with Gasteiger partial charge in [0.05, 0.1) is 16.7 Å². The highest BCUT2D eigenvalue weighted by Crippen LogP contribution is 2.57. The third-order valence-electron chi connectivity index (χ3n) is 16.0. The Morgan fingerprint density at radius 3 is 1.81 bits per heavy atom. The molecule has 0 saturated heterocycles. The van der Waals surface area contributed by atoms with Crippen LogP contribution in [0.25, 0.3) is 55.3 Å². The van der Waals surface area contributed by atoms with Crippen molar-refractivity contribution in [1.29, 1.82) is 0 Å². The van der Waals surface area contributed by atoms with Crippen molar-refractivity contribution in [2.24, 2.45) is 0 Å². The average Bonchev–Trinajstić information content (AvgIpc) is 3.79. The van der Waals surface area contributed by atoms with E-state index in [2.05, 4.69) is 224 Å². The van der Waals surface area contributed by atoms with E-state index in [0.29, 0.717) is 0 Å². The van der Waals surface area contributed by atoms with E-state index in [1.54, 1.807) is 0 Å². The monoisotopic (exact) mass is 802 g/mol. The minimum absolute atomic E-state index is 0.0700. The quantitative estimate of drug-likeness (QED) is 0.168. The van der Waals surface area contributed by atoms with E-state index in [1.807, 2.05) is 0 Å². The van der Waals surface area contributed by atoms with E-state index in [0.717, 1.165) is 5.69 Å². The molecule has 12 rings (SSSR count). The van der Waals surface area contributed by atoms with E-state index in [1.165, 1.54) is 117 Å². The zero-order valence-corrected chi connectivity index (χ0v) is 37.8. The predicted molar refractivity (Wildman–Crippen MR) is 263 cm³/mol. The van der Waals surface area contributed by atoms with Crippen LogP contribution < -0.4 is 4.90 Å². The molecule has 2 aliphatic carbocycles. The van der Waals surface area contributed by atoms with Gasteiger partial charge in [-0.2, -0.15) is 0 Å². The zero-order valence-electron chi connectivity index (χ0n) is 37.8. The predicted octanol–water partition coefficient (Wildman–Crippen LogP) is 16.1. The first-order valence-corrected chi connectivity index (χ1v) is 22.6. The Hall–Kier alpha value is -6.38. The van der Waals surface area contributed by atoms with Crippen LogP contribution in [0.1, 0.15) is 114 Å². The van der Waals surface area contributed by atoms with Gasteiger partial charge in [-0.25, -0.2) is 0 Å². The molecule has 0 N–H and O–H groups in total. The van der Waals surface area contributed by atoms with E-state index in [-0.39, 0.29) is 21.7 Å². The Morgan fingerprint density at radius 2 is 1.02 bits per heavy atom. The minimum Gasteiger partial charge on any atom is -0.310 e. The lowest BCUT2D eigenvalue weighted by Gasteiger charge is -2.42. The number of para-hydroxylation sites is 2. The number of hydrogen-bond donors (Lipinski definition) is 0. The summed E-state index contributed by atoms with van der Waals surface area (Å²) in [7, 11) is 0. The smallest absolute Gasteiger partial charge is 0.0583 e. The van der Waals surface area contributed by atoms with Gasteiger partial charge in [-0.05, 0) is 129 Å². The largest absolute Gasteiger partial charge is 0.310 e. The van der Waals surface area contributed by atoms with Crippen LogP contribution in [-0.2, 0) is 21.7 Å². The summed E-state index contributed by atoms with van der Waals surface area (Å²) >= 11 is 0. The highest BCUT2D eigenvalue weighted by Gasteiger charge is 2.44. The molecule has 0 fully saturated rings. The molecule has 1 aromatic heterocycles. The maximum atomic E-state index is 2.63. The van der Waals surface area contributed by atoms with Crippen molar-refractivity contribution in [2.45, 2.75) is 90.9 Å². The van der Waals surface area contributed by atoms with Crippen LogP contribution in [0.5, 0.6) is 0 Å². The Labute approximate surface area is 366 Å². The van der Waals surface area contributed by atoms with E-state index in [9.17, 15) is 0 Å². The van der Waals surface area contributed by atoms with Crippen molar-refractivity contribution in [1.82, 2.24) is 4.57 Å². The SMILES string of the molecule is C/C=C\C1=C(C)C(C)(C)c2cc(N(c3cccc(-c4ccc5c(c4)C(C)(C)c4ccccc4-5)c3)c3cc4c5c(c3)c3cccc6c3n5-c3c(cccc3C4(C)C)C6(C)C)ccc21. The van der Waals surface area contributed by atoms with Crippen molar-refractivity contribution < 1.29 is 0 Å². The fourth-order valence-corrected chi connectivity index (χ4v) is 12.3. The topological polar surface area (TPSA) is 8.17 Å². The maximum absolute atomic E-state index is 2.63. The first kappa shape index (κ1) is 37.4. The normalized spacial score (nSPS) is 17.6. The van der Waals surface area contributed by atoms with Crippen molar-refractivity contribution >= 4 is 44.4 Å². The number of nitrogens with zero attached hydrogens (tertiary/aromatic N) is 2. The second-order valence-electron chi connectivity index (χ2n) is 20.6. The number of rotatable bonds is 5. The number of aromatic nitrogens is 1. The van der Waals surface area contributed by atoms with Gasteiger partial charge in [-0.15, -0.1) is 0 Å². The molecule has 0 unspecified atom stereocenters. The fraction of sp³-hybridized carbons (Fsp3) is 0.233. The number of hydrogen-bond acceptors (Lipinski definition) is 1. The molecular formula is C60H54N2. The molecule has 304 valence electrons. The molecule has 2 nitrogen and oxygen atoms in total. The highest BCUT2D eigenvalue weighted by atomic mass is 15.1. The maximum Gasteiger partial charge on any atom is 0.0583 e. The van der Waals surface area contributed by atoms with Crippen LogP contribution in [0.15, 0.2) is 151 Å². The molecule has 62 heavy (non-hydrogen) atoms. The first-order chi connectivity index (χ1) is 29.7.